The molecule has 4 N–H and O–H groups in total. The molecule has 0 aromatic carbocycles. The zero-order chi connectivity index (χ0) is 12.7. The molecule has 0 aromatic rings. The Hall–Kier alpha value is 0.274. The second kappa shape index (κ2) is 7.57. The molecular weight excluding hydrogens is 232 g/mol. The van der Waals surface area contributed by atoms with Crippen LogP contribution in [0.25, 0.3) is 0 Å². The largest absolute Gasteiger partial charge is 0.326 e. The highest BCUT2D eigenvalue weighted by molar-refractivity contribution is 7.37. The van der Waals surface area contributed by atoms with E-state index < -0.39 is 15.8 Å². The van der Waals surface area contributed by atoms with Crippen molar-refractivity contribution < 1.29 is 0 Å². The predicted molar refractivity (Wildman–Crippen MR) is 77.9 cm³/mol. The van der Waals surface area contributed by atoms with Gasteiger partial charge in [0.1, 0.15) is 0 Å². The molecule has 0 rings (SSSR count). The van der Waals surface area contributed by atoms with Gasteiger partial charge in [0.05, 0.1) is 0 Å². The molecule has 0 aliphatic carbocycles. The third kappa shape index (κ3) is 3.94. The van der Waals surface area contributed by atoms with E-state index in [4.69, 9.17) is 0 Å². The average molecular weight is 263 g/mol. The fourth-order valence-corrected chi connectivity index (χ4v) is 13.1. The molecule has 0 aliphatic heterocycles. The van der Waals surface area contributed by atoms with Crippen molar-refractivity contribution in [3.8, 4) is 0 Å². The predicted octanol–water partition coefficient (Wildman–Crippen LogP) is 0.647. The van der Waals surface area contributed by atoms with Crippen molar-refractivity contribution in [2.75, 3.05) is 26.2 Å². The third-order valence-corrected chi connectivity index (χ3v) is 17.5. The SMILES string of the molecule is CCN[Si](C)(NCC)[Si](C)(NCC)NCC. The molecule has 0 aromatic heterocycles. The zero-order valence-electron chi connectivity index (χ0n) is 11.8. The standard InChI is InChI=1S/C10H30N4Si2/c1-7-11-15(5,12-8-2)16(6,13-9-3)14-10-4/h11-14H,7-10H2,1-6H3. The van der Waals surface area contributed by atoms with Gasteiger partial charge in [-0.1, -0.05) is 27.7 Å². The maximum absolute atomic E-state index is 3.73. The molecule has 4 nitrogen and oxygen atoms in total. The first-order valence-electron chi connectivity index (χ1n) is 6.49. The van der Waals surface area contributed by atoms with Crippen molar-refractivity contribution >= 4 is 15.8 Å². The van der Waals surface area contributed by atoms with E-state index in [1.165, 1.54) is 0 Å². The summed E-state index contributed by atoms with van der Waals surface area (Å²) < 4.78 is 0. The number of nitrogens with one attached hydrogen (secondary N) is 4. The monoisotopic (exact) mass is 262 g/mol. The summed E-state index contributed by atoms with van der Waals surface area (Å²) in [6.45, 7) is 17.7. The Kier molecular flexibility index (Phi) is 7.70. The van der Waals surface area contributed by atoms with E-state index in [1.807, 2.05) is 0 Å². The van der Waals surface area contributed by atoms with Crippen LogP contribution in [0.4, 0.5) is 0 Å². The lowest BCUT2D eigenvalue weighted by atomic mass is 10.8. The fourth-order valence-electron chi connectivity index (χ4n) is 2.25. The summed E-state index contributed by atoms with van der Waals surface area (Å²) in [5.41, 5.74) is 0. The molecule has 0 unspecified atom stereocenters. The normalized spacial score (nSPS) is 13.1. The molecule has 0 radical (unpaired) electrons. The summed E-state index contributed by atoms with van der Waals surface area (Å²) in [6, 6.07) is 0. The average Bonchev–Trinajstić information content (AvgIpc) is 2.19. The smallest absolute Gasteiger partial charge is 0.220 e. The molecule has 16 heavy (non-hydrogen) atoms. The van der Waals surface area contributed by atoms with Gasteiger partial charge in [0.25, 0.3) is 0 Å². The third-order valence-electron chi connectivity index (χ3n) is 3.12. The van der Waals surface area contributed by atoms with Crippen LogP contribution in [0.3, 0.4) is 0 Å². The lowest BCUT2D eigenvalue weighted by molar-refractivity contribution is 0.830. The second-order valence-corrected chi connectivity index (χ2v) is 16.3. The van der Waals surface area contributed by atoms with Gasteiger partial charge in [-0.2, -0.15) is 0 Å². The van der Waals surface area contributed by atoms with Gasteiger partial charge in [0.2, 0.25) is 15.8 Å². The van der Waals surface area contributed by atoms with E-state index in [0.29, 0.717) is 0 Å². The molecular formula is C10H30N4Si2. The van der Waals surface area contributed by atoms with Crippen LogP contribution in [0.1, 0.15) is 27.7 Å². The van der Waals surface area contributed by atoms with Gasteiger partial charge in [-0.25, -0.2) is 0 Å². The quantitative estimate of drug-likeness (QED) is 0.461. The first-order valence-corrected chi connectivity index (χ1v) is 12.5. The minimum atomic E-state index is -1.63. The molecule has 0 fully saturated rings. The Morgan fingerprint density at radius 3 is 0.875 bits per heavy atom. The van der Waals surface area contributed by atoms with Gasteiger partial charge in [-0.05, 0) is 39.3 Å². The van der Waals surface area contributed by atoms with Crippen LogP contribution in [-0.4, -0.2) is 42.0 Å². The van der Waals surface area contributed by atoms with Gasteiger partial charge in [-0.15, -0.1) is 0 Å². The van der Waals surface area contributed by atoms with E-state index in [1.54, 1.807) is 0 Å². The van der Waals surface area contributed by atoms with Crippen LogP contribution < -0.4 is 19.9 Å². The lowest BCUT2D eigenvalue weighted by Gasteiger charge is -2.44. The maximum Gasteiger partial charge on any atom is 0.220 e. The summed E-state index contributed by atoms with van der Waals surface area (Å²) in [4.78, 5) is 14.9. The fraction of sp³-hybridized carbons (Fsp3) is 1.00. The van der Waals surface area contributed by atoms with Gasteiger partial charge < -0.3 is 19.9 Å². The Bertz CT molecular complexity index is 158. The van der Waals surface area contributed by atoms with Gasteiger partial charge >= 0.3 is 0 Å². The van der Waals surface area contributed by atoms with Crippen LogP contribution >= 0.6 is 0 Å². The van der Waals surface area contributed by atoms with Gasteiger partial charge in [-0.3, -0.25) is 0 Å². The van der Waals surface area contributed by atoms with E-state index in [-0.39, 0.29) is 0 Å². The number of hydrogen-bond donors (Lipinski definition) is 4. The minimum Gasteiger partial charge on any atom is -0.326 e. The van der Waals surface area contributed by atoms with Crippen LogP contribution in [0.5, 0.6) is 0 Å². The van der Waals surface area contributed by atoms with Crippen molar-refractivity contribution in [1.29, 1.82) is 0 Å². The van der Waals surface area contributed by atoms with E-state index >= 15 is 0 Å². The summed E-state index contributed by atoms with van der Waals surface area (Å²) >= 11 is 0. The summed E-state index contributed by atoms with van der Waals surface area (Å²) in [7, 11) is -3.26. The number of hydrogen-bond acceptors (Lipinski definition) is 4. The van der Waals surface area contributed by atoms with Crippen LogP contribution in [0, 0.1) is 0 Å². The maximum atomic E-state index is 3.73. The molecule has 0 atom stereocenters. The molecule has 0 aliphatic rings. The van der Waals surface area contributed by atoms with Crippen molar-refractivity contribution in [2.45, 2.75) is 40.8 Å². The molecule has 98 valence electrons. The molecule has 0 saturated heterocycles. The highest BCUT2D eigenvalue weighted by Crippen LogP contribution is 2.07. The Morgan fingerprint density at radius 1 is 0.562 bits per heavy atom. The van der Waals surface area contributed by atoms with Crippen molar-refractivity contribution in [1.82, 2.24) is 19.9 Å². The zero-order valence-corrected chi connectivity index (χ0v) is 13.8. The molecule has 0 amide bonds. The molecule has 0 spiro atoms. The Labute approximate surface area is 103 Å². The lowest BCUT2D eigenvalue weighted by Crippen LogP contribution is -2.86. The molecule has 6 heteroatoms. The number of rotatable bonds is 9. The van der Waals surface area contributed by atoms with E-state index in [2.05, 4.69) is 60.7 Å². The Balaban J connectivity index is 4.90. The molecule has 0 heterocycles. The van der Waals surface area contributed by atoms with Crippen molar-refractivity contribution in [2.24, 2.45) is 0 Å². The highest BCUT2D eigenvalue weighted by atomic mass is 29.3. The van der Waals surface area contributed by atoms with Gasteiger partial charge in [0.15, 0.2) is 0 Å². The summed E-state index contributed by atoms with van der Waals surface area (Å²) in [5, 5.41) is 0. The summed E-state index contributed by atoms with van der Waals surface area (Å²) in [6.07, 6.45) is 0. The van der Waals surface area contributed by atoms with Crippen LogP contribution in [0.15, 0.2) is 0 Å². The molecule has 0 saturated carbocycles. The topological polar surface area (TPSA) is 48.1 Å². The molecule has 0 bridgehead atoms. The second-order valence-electron chi connectivity index (χ2n) is 4.37. The van der Waals surface area contributed by atoms with Crippen molar-refractivity contribution in [3.05, 3.63) is 0 Å². The van der Waals surface area contributed by atoms with Crippen molar-refractivity contribution in [3.63, 3.8) is 0 Å². The van der Waals surface area contributed by atoms with E-state index in [0.717, 1.165) is 26.2 Å². The first-order chi connectivity index (χ1) is 7.49. The Morgan fingerprint density at radius 2 is 0.750 bits per heavy atom. The summed E-state index contributed by atoms with van der Waals surface area (Å²) in [5.74, 6) is 0. The van der Waals surface area contributed by atoms with E-state index in [9.17, 15) is 0 Å². The van der Waals surface area contributed by atoms with Crippen LogP contribution in [-0.2, 0) is 0 Å². The van der Waals surface area contributed by atoms with Gasteiger partial charge in [0, 0.05) is 0 Å². The van der Waals surface area contributed by atoms with Crippen LogP contribution in [0.2, 0.25) is 13.1 Å². The minimum absolute atomic E-state index is 1.04. The first kappa shape index (κ1) is 16.3. The highest BCUT2D eigenvalue weighted by Gasteiger charge is 2.48.